The van der Waals surface area contributed by atoms with Gasteiger partial charge >= 0.3 is 0 Å². The van der Waals surface area contributed by atoms with Crippen molar-refractivity contribution in [2.45, 2.75) is 13.0 Å². The second kappa shape index (κ2) is 11.8. The van der Waals surface area contributed by atoms with Gasteiger partial charge < -0.3 is 20.1 Å². The van der Waals surface area contributed by atoms with Crippen LogP contribution in [0.15, 0.2) is 73.1 Å². The summed E-state index contributed by atoms with van der Waals surface area (Å²) in [6.45, 7) is 1.55. The van der Waals surface area contributed by atoms with E-state index in [0.717, 1.165) is 39.2 Å². The van der Waals surface area contributed by atoms with Crippen molar-refractivity contribution in [3.63, 3.8) is 0 Å². The van der Waals surface area contributed by atoms with Crippen LogP contribution in [0, 0.1) is 0 Å². The van der Waals surface area contributed by atoms with E-state index in [9.17, 15) is 8.42 Å². The summed E-state index contributed by atoms with van der Waals surface area (Å²) in [5.41, 5.74) is 3.74. The summed E-state index contributed by atoms with van der Waals surface area (Å²) in [5, 5.41) is 7.42. The SMILES string of the molecule is COc1cc2ncnc(Nc3ccc(OCc4ccccc4)cc3)c2cc1CCNCCS(C)(=O)=O. The fraction of sp³-hybridized carbons (Fsp3) is 0.259. The van der Waals surface area contributed by atoms with Crippen LogP contribution in [0.4, 0.5) is 11.5 Å². The van der Waals surface area contributed by atoms with Crippen LogP contribution >= 0.6 is 0 Å². The van der Waals surface area contributed by atoms with Gasteiger partial charge in [0.05, 0.1) is 18.4 Å². The molecule has 188 valence electrons. The summed E-state index contributed by atoms with van der Waals surface area (Å²) < 4.78 is 34.1. The van der Waals surface area contributed by atoms with Gasteiger partial charge in [0.2, 0.25) is 0 Å². The number of hydrogen-bond acceptors (Lipinski definition) is 8. The van der Waals surface area contributed by atoms with Gasteiger partial charge in [0.1, 0.15) is 40.1 Å². The molecule has 0 saturated carbocycles. The molecule has 0 aliphatic rings. The summed E-state index contributed by atoms with van der Waals surface area (Å²) in [4.78, 5) is 8.86. The van der Waals surface area contributed by atoms with Gasteiger partial charge in [0.15, 0.2) is 0 Å². The lowest BCUT2D eigenvalue weighted by atomic mass is 10.1. The molecule has 4 rings (SSSR count). The number of nitrogens with zero attached hydrogens (tertiary/aromatic N) is 2. The molecule has 36 heavy (non-hydrogen) atoms. The molecule has 0 amide bonds. The Balaban J connectivity index is 1.45. The lowest BCUT2D eigenvalue weighted by Gasteiger charge is -2.14. The van der Waals surface area contributed by atoms with Gasteiger partial charge in [-0.05, 0) is 54.4 Å². The van der Waals surface area contributed by atoms with Gasteiger partial charge in [-0.3, -0.25) is 0 Å². The Morgan fingerprint density at radius 2 is 1.72 bits per heavy atom. The second-order valence-corrected chi connectivity index (χ2v) is 10.7. The standard InChI is InChI=1S/C27H30N4O4S/c1-34-26-17-25-24(16-21(26)12-13-28-14-15-36(2,32)33)27(30-19-29-25)31-22-8-10-23(11-9-22)35-18-20-6-4-3-5-7-20/h3-11,16-17,19,28H,12-15,18H2,1-2H3,(H,29,30,31). The average Bonchev–Trinajstić information content (AvgIpc) is 2.88. The van der Waals surface area contributed by atoms with Gasteiger partial charge in [0, 0.05) is 29.9 Å². The maximum Gasteiger partial charge on any atom is 0.148 e. The number of hydrogen-bond donors (Lipinski definition) is 2. The van der Waals surface area contributed by atoms with Crippen LogP contribution in [0.1, 0.15) is 11.1 Å². The quantitative estimate of drug-likeness (QED) is 0.277. The number of nitrogens with one attached hydrogen (secondary N) is 2. The van der Waals surface area contributed by atoms with Crippen LogP contribution < -0.4 is 20.1 Å². The highest BCUT2D eigenvalue weighted by Gasteiger charge is 2.11. The lowest BCUT2D eigenvalue weighted by Crippen LogP contribution is -2.24. The van der Waals surface area contributed by atoms with Crippen molar-refractivity contribution in [2.75, 3.05) is 37.5 Å². The lowest BCUT2D eigenvalue weighted by molar-refractivity contribution is 0.306. The number of aromatic nitrogens is 2. The molecule has 0 aliphatic carbocycles. The monoisotopic (exact) mass is 506 g/mol. The Bertz CT molecular complexity index is 1390. The Labute approximate surface area is 211 Å². The second-order valence-electron chi connectivity index (χ2n) is 8.46. The van der Waals surface area contributed by atoms with Crippen molar-refractivity contribution in [2.24, 2.45) is 0 Å². The minimum absolute atomic E-state index is 0.111. The van der Waals surface area contributed by atoms with Crippen molar-refractivity contribution < 1.29 is 17.9 Å². The molecule has 8 nitrogen and oxygen atoms in total. The van der Waals surface area contributed by atoms with E-state index >= 15 is 0 Å². The average molecular weight is 507 g/mol. The van der Waals surface area contributed by atoms with E-state index in [1.165, 1.54) is 12.6 Å². The molecule has 0 radical (unpaired) electrons. The van der Waals surface area contributed by atoms with Crippen molar-refractivity contribution >= 4 is 32.2 Å². The highest BCUT2D eigenvalue weighted by molar-refractivity contribution is 7.90. The maximum atomic E-state index is 11.3. The highest BCUT2D eigenvalue weighted by Crippen LogP contribution is 2.30. The van der Waals surface area contributed by atoms with Gasteiger partial charge in [-0.1, -0.05) is 30.3 Å². The van der Waals surface area contributed by atoms with Crippen LogP contribution in [0.5, 0.6) is 11.5 Å². The summed E-state index contributed by atoms with van der Waals surface area (Å²) in [7, 11) is -1.36. The van der Waals surface area contributed by atoms with Gasteiger partial charge in [-0.2, -0.15) is 0 Å². The van der Waals surface area contributed by atoms with Crippen LogP contribution in [0.25, 0.3) is 10.9 Å². The Kier molecular flexibility index (Phi) is 8.35. The normalized spacial score (nSPS) is 11.4. The largest absolute Gasteiger partial charge is 0.496 e. The van der Waals surface area contributed by atoms with Crippen molar-refractivity contribution in [3.8, 4) is 11.5 Å². The molecule has 0 fully saturated rings. The molecule has 0 aliphatic heterocycles. The van der Waals surface area contributed by atoms with E-state index in [1.807, 2.05) is 66.7 Å². The van der Waals surface area contributed by atoms with Crippen molar-refractivity contribution in [1.29, 1.82) is 0 Å². The molecular formula is C27H30N4O4S. The van der Waals surface area contributed by atoms with E-state index < -0.39 is 9.84 Å². The molecule has 0 unspecified atom stereocenters. The van der Waals surface area contributed by atoms with E-state index in [2.05, 4.69) is 20.6 Å². The Morgan fingerprint density at radius 3 is 2.44 bits per heavy atom. The molecule has 0 atom stereocenters. The van der Waals surface area contributed by atoms with Crippen LogP contribution in [-0.2, 0) is 22.9 Å². The number of rotatable bonds is 12. The number of benzene rings is 3. The summed E-state index contributed by atoms with van der Waals surface area (Å²) >= 11 is 0. The molecule has 0 saturated heterocycles. The third kappa shape index (κ3) is 7.16. The number of methoxy groups -OCH3 is 1. The molecule has 4 aromatic rings. The molecule has 0 spiro atoms. The first-order chi connectivity index (χ1) is 17.4. The van der Waals surface area contributed by atoms with Gasteiger partial charge in [-0.25, -0.2) is 18.4 Å². The number of sulfone groups is 1. The molecule has 1 aromatic heterocycles. The van der Waals surface area contributed by atoms with Crippen LogP contribution in [0.3, 0.4) is 0 Å². The molecule has 2 N–H and O–H groups in total. The van der Waals surface area contributed by atoms with Crippen LogP contribution in [0.2, 0.25) is 0 Å². The molecule has 0 bridgehead atoms. The first-order valence-corrected chi connectivity index (χ1v) is 13.7. The summed E-state index contributed by atoms with van der Waals surface area (Å²) in [5.74, 6) is 2.32. The maximum absolute atomic E-state index is 11.3. The summed E-state index contributed by atoms with van der Waals surface area (Å²) in [6.07, 6.45) is 3.43. The van der Waals surface area contributed by atoms with Crippen LogP contribution in [-0.4, -0.2) is 50.6 Å². The third-order valence-electron chi connectivity index (χ3n) is 5.62. The number of fused-ring (bicyclic) bond motifs is 1. The minimum atomic E-state index is -2.99. The molecule has 1 heterocycles. The minimum Gasteiger partial charge on any atom is -0.496 e. The fourth-order valence-electron chi connectivity index (χ4n) is 3.73. The zero-order valence-electron chi connectivity index (χ0n) is 20.4. The molecular weight excluding hydrogens is 476 g/mol. The van der Waals surface area contributed by atoms with Crippen molar-refractivity contribution in [1.82, 2.24) is 15.3 Å². The number of anilines is 2. The predicted molar refractivity (Wildman–Crippen MR) is 143 cm³/mol. The highest BCUT2D eigenvalue weighted by atomic mass is 32.2. The molecule has 9 heteroatoms. The Hall–Kier alpha value is -3.69. The van der Waals surface area contributed by atoms with Gasteiger partial charge in [-0.15, -0.1) is 0 Å². The smallest absolute Gasteiger partial charge is 0.148 e. The van der Waals surface area contributed by atoms with E-state index in [1.54, 1.807) is 7.11 Å². The predicted octanol–water partition coefficient (Wildman–Crippen LogP) is 4.14. The van der Waals surface area contributed by atoms with E-state index in [-0.39, 0.29) is 5.75 Å². The summed E-state index contributed by atoms with van der Waals surface area (Å²) in [6, 6.07) is 21.7. The topological polar surface area (TPSA) is 102 Å². The fourth-order valence-corrected chi connectivity index (χ4v) is 4.25. The van der Waals surface area contributed by atoms with E-state index in [0.29, 0.717) is 31.9 Å². The third-order valence-corrected chi connectivity index (χ3v) is 6.57. The van der Waals surface area contributed by atoms with E-state index in [4.69, 9.17) is 9.47 Å². The Morgan fingerprint density at radius 1 is 0.944 bits per heavy atom. The number of ether oxygens (including phenoxy) is 2. The first kappa shape index (κ1) is 25.4. The zero-order valence-corrected chi connectivity index (χ0v) is 21.2. The van der Waals surface area contributed by atoms with Gasteiger partial charge in [0.25, 0.3) is 0 Å². The van der Waals surface area contributed by atoms with Crippen molar-refractivity contribution in [3.05, 3.63) is 84.2 Å². The zero-order chi connectivity index (χ0) is 25.4. The first-order valence-electron chi connectivity index (χ1n) is 11.7. The molecule has 3 aromatic carbocycles.